The molecular weight excluding hydrogens is 320 g/mol. The predicted octanol–water partition coefficient (Wildman–Crippen LogP) is 3.16. The topological polar surface area (TPSA) is 96.6 Å². The number of non-ortho nitro benzene ring substituents is 1. The van der Waals surface area contributed by atoms with Crippen LogP contribution in [-0.2, 0) is 4.79 Å². The standard InChI is InChI=1S/C18H20N4O3/c1-12-7-8-17(13(2)9-12)20-14(3)18(23)21-19-11-15-5-4-6-16(10-15)22(24)25/h4-11,14,20H,1-3H3,(H,21,23)/b19-11-/t14-/m1/s1. The average Bonchev–Trinajstić information content (AvgIpc) is 2.57. The van der Waals surface area contributed by atoms with E-state index in [0.717, 1.165) is 16.8 Å². The molecule has 0 aromatic heterocycles. The molecule has 2 rings (SSSR count). The Morgan fingerprint density at radius 3 is 2.68 bits per heavy atom. The number of rotatable bonds is 6. The lowest BCUT2D eigenvalue weighted by Gasteiger charge is -2.15. The van der Waals surface area contributed by atoms with E-state index < -0.39 is 11.0 Å². The molecule has 0 spiro atoms. The number of hydrogen-bond acceptors (Lipinski definition) is 5. The van der Waals surface area contributed by atoms with Crippen molar-refractivity contribution in [2.75, 3.05) is 5.32 Å². The summed E-state index contributed by atoms with van der Waals surface area (Å²) < 4.78 is 0. The summed E-state index contributed by atoms with van der Waals surface area (Å²) in [5.41, 5.74) is 6.03. The van der Waals surface area contributed by atoms with Gasteiger partial charge in [-0.05, 0) is 32.4 Å². The maximum absolute atomic E-state index is 12.1. The van der Waals surface area contributed by atoms with Crippen molar-refractivity contribution in [1.29, 1.82) is 0 Å². The van der Waals surface area contributed by atoms with Crippen LogP contribution in [0.4, 0.5) is 11.4 Å². The molecule has 0 aliphatic rings. The van der Waals surface area contributed by atoms with E-state index in [1.165, 1.54) is 18.3 Å². The van der Waals surface area contributed by atoms with Crippen molar-refractivity contribution in [3.8, 4) is 0 Å². The summed E-state index contributed by atoms with van der Waals surface area (Å²) in [6, 6.07) is 11.5. The Morgan fingerprint density at radius 1 is 1.24 bits per heavy atom. The summed E-state index contributed by atoms with van der Waals surface area (Å²) in [6.45, 7) is 5.72. The lowest BCUT2D eigenvalue weighted by molar-refractivity contribution is -0.384. The minimum absolute atomic E-state index is 0.0276. The maximum Gasteiger partial charge on any atom is 0.270 e. The van der Waals surface area contributed by atoms with Gasteiger partial charge in [0, 0.05) is 23.4 Å². The Balaban J connectivity index is 1.95. The molecule has 7 heteroatoms. The Bertz CT molecular complexity index is 818. The zero-order valence-electron chi connectivity index (χ0n) is 14.3. The molecule has 0 aliphatic carbocycles. The summed E-state index contributed by atoms with van der Waals surface area (Å²) in [6.07, 6.45) is 1.37. The Kier molecular flexibility index (Phi) is 5.84. The summed E-state index contributed by atoms with van der Waals surface area (Å²) in [4.78, 5) is 22.3. The highest BCUT2D eigenvalue weighted by Gasteiger charge is 2.12. The van der Waals surface area contributed by atoms with E-state index in [2.05, 4.69) is 15.8 Å². The number of nitro groups is 1. The van der Waals surface area contributed by atoms with Crippen molar-refractivity contribution in [2.45, 2.75) is 26.8 Å². The van der Waals surface area contributed by atoms with E-state index in [9.17, 15) is 14.9 Å². The van der Waals surface area contributed by atoms with Gasteiger partial charge in [0.1, 0.15) is 6.04 Å². The van der Waals surface area contributed by atoms with Gasteiger partial charge in [0.25, 0.3) is 11.6 Å². The highest BCUT2D eigenvalue weighted by molar-refractivity contribution is 5.86. The van der Waals surface area contributed by atoms with Crippen LogP contribution in [0.3, 0.4) is 0 Å². The summed E-state index contributed by atoms with van der Waals surface area (Å²) in [5.74, 6) is -0.304. The molecule has 7 nitrogen and oxygen atoms in total. The van der Waals surface area contributed by atoms with Crippen LogP contribution < -0.4 is 10.7 Å². The monoisotopic (exact) mass is 340 g/mol. The van der Waals surface area contributed by atoms with Crippen LogP contribution in [0.2, 0.25) is 0 Å². The smallest absolute Gasteiger partial charge is 0.270 e. The number of nitrogens with zero attached hydrogens (tertiary/aromatic N) is 2. The van der Waals surface area contributed by atoms with E-state index in [1.54, 1.807) is 19.1 Å². The SMILES string of the molecule is Cc1ccc(N[C@H](C)C(=O)N/N=C\c2cccc([N+](=O)[O-])c2)c(C)c1. The fourth-order valence-electron chi connectivity index (χ4n) is 2.26. The first-order chi connectivity index (χ1) is 11.9. The van der Waals surface area contributed by atoms with Crippen LogP contribution in [0, 0.1) is 24.0 Å². The van der Waals surface area contributed by atoms with Gasteiger partial charge >= 0.3 is 0 Å². The molecule has 0 saturated heterocycles. The van der Waals surface area contributed by atoms with Gasteiger partial charge in [0.05, 0.1) is 11.1 Å². The second-order valence-electron chi connectivity index (χ2n) is 5.77. The van der Waals surface area contributed by atoms with Gasteiger partial charge in [-0.2, -0.15) is 5.10 Å². The van der Waals surface area contributed by atoms with Crippen LogP contribution >= 0.6 is 0 Å². The van der Waals surface area contributed by atoms with Gasteiger partial charge in [0.2, 0.25) is 0 Å². The number of benzene rings is 2. The zero-order valence-corrected chi connectivity index (χ0v) is 14.3. The quantitative estimate of drug-likeness (QED) is 0.479. The highest BCUT2D eigenvalue weighted by atomic mass is 16.6. The molecule has 0 bridgehead atoms. The minimum Gasteiger partial charge on any atom is -0.374 e. The molecule has 2 aromatic carbocycles. The van der Waals surface area contributed by atoms with Crippen LogP contribution in [0.25, 0.3) is 0 Å². The molecule has 2 N–H and O–H groups in total. The normalized spacial score (nSPS) is 12.0. The largest absolute Gasteiger partial charge is 0.374 e. The predicted molar refractivity (Wildman–Crippen MR) is 97.8 cm³/mol. The Hall–Kier alpha value is -3.22. The van der Waals surface area contributed by atoms with Crippen molar-refractivity contribution in [2.24, 2.45) is 5.10 Å². The second kappa shape index (κ2) is 8.05. The van der Waals surface area contributed by atoms with Crippen molar-refractivity contribution >= 4 is 23.5 Å². The average molecular weight is 340 g/mol. The van der Waals surface area contributed by atoms with Crippen LogP contribution in [0.15, 0.2) is 47.6 Å². The van der Waals surface area contributed by atoms with Crippen LogP contribution in [-0.4, -0.2) is 23.1 Å². The molecule has 130 valence electrons. The summed E-state index contributed by atoms with van der Waals surface area (Å²) >= 11 is 0. The van der Waals surface area contributed by atoms with Crippen molar-refractivity contribution < 1.29 is 9.72 Å². The molecule has 0 fully saturated rings. The molecule has 0 unspecified atom stereocenters. The van der Waals surface area contributed by atoms with Gasteiger partial charge in [0.15, 0.2) is 0 Å². The number of amides is 1. The van der Waals surface area contributed by atoms with E-state index in [0.29, 0.717) is 5.56 Å². The van der Waals surface area contributed by atoms with Gasteiger partial charge in [-0.25, -0.2) is 5.43 Å². The molecule has 0 heterocycles. The highest BCUT2D eigenvalue weighted by Crippen LogP contribution is 2.17. The van der Waals surface area contributed by atoms with E-state index in [4.69, 9.17) is 0 Å². The fraction of sp³-hybridized carbons (Fsp3) is 0.222. The minimum atomic E-state index is -0.483. The first-order valence-electron chi connectivity index (χ1n) is 7.78. The molecule has 0 aliphatic heterocycles. The fourth-order valence-corrected chi connectivity index (χ4v) is 2.26. The number of nitrogens with one attached hydrogen (secondary N) is 2. The lowest BCUT2D eigenvalue weighted by atomic mass is 10.1. The van der Waals surface area contributed by atoms with Gasteiger partial charge < -0.3 is 5.32 Å². The van der Waals surface area contributed by atoms with Crippen molar-refractivity contribution in [3.63, 3.8) is 0 Å². The second-order valence-corrected chi connectivity index (χ2v) is 5.77. The zero-order chi connectivity index (χ0) is 18.4. The maximum atomic E-state index is 12.1. The number of aryl methyl sites for hydroxylation is 2. The molecule has 2 aromatic rings. The number of hydrazone groups is 1. The molecule has 0 saturated carbocycles. The third-order valence-electron chi connectivity index (χ3n) is 3.62. The number of nitro benzene ring substituents is 1. The molecule has 25 heavy (non-hydrogen) atoms. The number of carbonyl (C=O) groups excluding carboxylic acids is 1. The van der Waals surface area contributed by atoms with Gasteiger partial charge in [-0.15, -0.1) is 0 Å². The molecular formula is C18H20N4O3. The van der Waals surface area contributed by atoms with E-state index in [1.807, 2.05) is 32.0 Å². The molecule has 1 atom stereocenters. The number of hydrogen-bond donors (Lipinski definition) is 2. The summed E-state index contributed by atoms with van der Waals surface area (Å²) in [7, 11) is 0. The number of carbonyl (C=O) groups is 1. The van der Waals surface area contributed by atoms with E-state index >= 15 is 0 Å². The van der Waals surface area contributed by atoms with Crippen LogP contribution in [0.5, 0.6) is 0 Å². The third-order valence-corrected chi connectivity index (χ3v) is 3.62. The van der Waals surface area contributed by atoms with E-state index in [-0.39, 0.29) is 11.6 Å². The summed E-state index contributed by atoms with van der Waals surface area (Å²) in [5, 5.41) is 17.7. The van der Waals surface area contributed by atoms with Gasteiger partial charge in [-0.3, -0.25) is 14.9 Å². The first-order valence-corrected chi connectivity index (χ1v) is 7.78. The van der Waals surface area contributed by atoms with Crippen molar-refractivity contribution in [3.05, 3.63) is 69.3 Å². The van der Waals surface area contributed by atoms with Crippen LogP contribution in [0.1, 0.15) is 23.6 Å². The Labute approximate surface area is 145 Å². The number of anilines is 1. The molecule has 0 radical (unpaired) electrons. The van der Waals surface area contributed by atoms with Crippen molar-refractivity contribution in [1.82, 2.24) is 5.43 Å². The lowest BCUT2D eigenvalue weighted by Crippen LogP contribution is -2.35. The third kappa shape index (κ3) is 5.13. The Morgan fingerprint density at radius 2 is 2.00 bits per heavy atom. The molecule has 1 amide bonds. The first kappa shape index (κ1) is 18.1. The van der Waals surface area contributed by atoms with Gasteiger partial charge in [-0.1, -0.05) is 29.8 Å².